The quantitative estimate of drug-likeness (QED) is 0.645. The fraction of sp³-hybridized carbons (Fsp3) is 0.500. The predicted octanol–water partition coefficient (Wildman–Crippen LogP) is 1.36. The number of anilines is 1. The maximum atomic E-state index is 12.8. The minimum atomic E-state index is -1.53. The van der Waals surface area contributed by atoms with Gasteiger partial charge in [-0.2, -0.15) is 0 Å². The summed E-state index contributed by atoms with van der Waals surface area (Å²) in [5, 5.41) is 15.3. The highest BCUT2D eigenvalue weighted by molar-refractivity contribution is 5.96. The Morgan fingerprint density at radius 3 is 2.35 bits per heavy atom. The van der Waals surface area contributed by atoms with Gasteiger partial charge in [-0.15, -0.1) is 0 Å². The second kappa shape index (κ2) is 9.76. The number of para-hydroxylation sites is 1. The summed E-state index contributed by atoms with van der Waals surface area (Å²) in [6, 6.07) is 7.63. The number of carbonyl (C=O) groups excluding carboxylic acids is 3. The van der Waals surface area contributed by atoms with E-state index in [1.165, 1.54) is 25.9 Å². The zero-order valence-electron chi connectivity index (χ0n) is 15.6. The molecule has 8 nitrogen and oxygen atoms in total. The number of aliphatic hydroxyl groups is 1. The molecule has 1 aromatic rings. The van der Waals surface area contributed by atoms with Gasteiger partial charge in [0.25, 0.3) is 0 Å². The number of nitrogens with zero attached hydrogens (tertiary/aromatic N) is 1. The smallest absolute Gasteiger partial charge is 0.407 e. The van der Waals surface area contributed by atoms with Crippen molar-refractivity contribution in [3.05, 3.63) is 30.3 Å². The number of nitrogens with one attached hydrogen (secondary N) is 2. The first kappa shape index (κ1) is 21.4. The highest BCUT2D eigenvalue weighted by Gasteiger charge is 2.38. The largest absolute Gasteiger partial charge is 0.453 e. The normalized spacial score (nSPS) is 12.0. The van der Waals surface area contributed by atoms with Crippen LogP contribution in [-0.4, -0.2) is 59.8 Å². The van der Waals surface area contributed by atoms with Gasteiger partial charge in [0.15, 0.2) is 0 Å². The molecule has 0 aliphatic heterocycles. The van der Waals surface area contributed by atoms with Gasteiger partial charge in [0.05, 0.1) is 19.3 Å². The lowest BCUT2D eigenvalue weighted by Gasteiger charge is -2.33. The zero-order valence-corrected chi connectivity index (χ0v) is 15.6. The van der Waals surface area contributed by atoms with Crippen molar-refractivity contribution < 1.29 is 24.2 Å². The highest BCUT2D eigenvalue weighted by Crippen LogP contribution is 2.13. The van der Waals surface area contributed by atoms with Gasteiger partial charge >= 0.3 is 6.09 Å². The van der Waals surface area contributed by atoms with Gasteiger partial charge in [0.2, 0.25) is 11.8 Å². The van der Waals surface area contributed by atoms with Crippen LogP contribution in [0.1, 0.15) is 27.2 Å². The lowest BCUT2D eigenvalue weighted by Crippen LogP contribution is -2.59. The molecule has 8 heteroatoms. The Morgan fingerprint density at radius 1 is 1.23 bits per heavy atom. The van der Waals surface area contributed by atoms with Gasteiger partial charge < -0.3 is 25.4 Å². The van der Waals surface area contributed by atoms with Crippen LogP contribution in [0.15, 0.2) is 30.3 Å². The standard InChI is InChI=1S/C18H27N3O5/c1-5-11-21(12-14(22)19-13-9-7-6-8-10-13)16(23)15(18(2,3)25)20-17(24)26-4/h6-10,15,25H,5,11-12H2,1-4H3,(H,19,22)(H,20,24)/t15-/m1/s1. The summed E-state index contributed by atoms with van der Waals surface area (Å²) in [6.07, 6.45) is -0.225. The fourth-order valence-electron chi connectivity index (χ4n) is 2.33. The average molecular weight is 365 g/mol. The monoisotopic (exact) mass is 365 g/mol. The SMILES string of the molecule is CCCN(CC(=O)Nc1ccccc1)C(=O)[C@@H](NC(=O)OC)C(C)(C)O. The van der Waals surface area contributed by atoms with Gasteiger partial charge in [-0.1, -0.05) is 25.1 Å². The first-order chi connectivity index (χ1) is 12.2. The molecule has 0 fully saturated rings. The summed E-state index contributed by atoms with van der Waals surface area (Å²) in [5.74, 6) is -0.932. The number of hydrogen-bond donors (Lipinski definition) is 3. The number of rotatable bonds is 8. The minimum Gasteiger partial charge on any atom is -0.453 e. The number of benzene rings is 1. The Kier molecular flexibility index (Phi) is 8.05. The van der Waals surface area contributed by atoms with Gasteiger partial charge in [-0.3, -0.25) is 9.59 Å². The average Bonchev–Trinajstić information content (AvgIpc) is 2.58. The Balaban J connectivity index is 2.89. The molecule has 0 heterocycles. The summed E-state index contributed by atoms with van der Waals surface area (Å²) in [6.45, 7) is 4.77. The Labute approximate surface area is 153 Å². The first-order valence-corrected chi connectivity index (χ1v) is 8.39. The topological polar surface area (TPSA) is 108 Å². The van der Waals surface area contributed by atoms with Crippen molar-refractivity contribution in [2.75, 3.05) is 25.5 Å². The van der Waals surface area contributed by atoms with Gasteiger partial charge in [0, 0.05) is 12.2 Å². The first-order valence-electron chi connectivity index (χ1n) is 8.39. The molecule has 3 amide bonds. The molecule has 1 atom stereocenters. The van der Waals surface area contributed by atoms with Crippen molar-refractivity contribution >= 4 is 23.6 Å². The van der Waals surface area contributed by atoms with Crippen molar-refractivity contribution in [2.24, 2.45) is 0 Å². The number of carbonyl (C=O) groups is 3. The number of amides is 3. The Morgan fingerprint density at radius 2 is 1.85 bits per heavy atom. The van der Waals surface area contributed by atoms with Crippen LogP contribution in [0.2, 0.25) is 0 Å². The summed E-state index contributed by atoms with van der Waals surface area (Å²) in [4.78, 5) is 37.9. The molecule has 144 valence electrons. The summed E-state index contributed by atoms with van der Waals surface area (Å²) in [5.41, 5.74) is -0.916. The van der Waals surface area contributed by atoms with Crippen LogP contribution in [0.25, 0.3) is 0 Å². The van der Waals surface area contributed by atoms with Gasteiger partial charge in [-0.05, 0) is 32.4 Å². The Hall–Kier alpha value is -2.61. The van der Waals surface area contributed by atoms with Crippen LogP contribution in [-0.2, 0) is 14.3 Å². The zero-order chi connectivity index (χ0) is 19.7. The van der Waals surface area contributed by atoms with E-state index in [-0.39, 0.29) is 12.5 Å². The molecule has 0 saturated heterocycles. The van der Waals surface area contributed by atoms with Crippen molar-refractivity contribution in [1.29, 1.82) is 0 Å². The molecule has 0 aliphatic carbocycles. The van der Waals surface area contributed by atoms with Crippen LogP contribution in [0.5, 0.6) is 0 Å². The van der Waals surface area contributed by atoms with E-state index in [1.54, 1.807) is 24.3 Å². The van der Waals surface area contributed by atoms with Crippen LogP contribution < -0.4 is 10.6 Å². The molecule has 3 N–H and O–H groups in total. The van der Waals surface area contributed by atoms with Crippen molar-refractivity contribution in [3.8, 4) is 0 Å². The van der Waals surface area contributed by atoms with Crippen molar-refractivity contribution in [1.82, 2.24) is 10.2 Å². The van der Waals surface area contributed by atoms with E-state index >= 15 is 0 Å². The second-order valence-corrected chi connectivity index (χ2v) is 6.40. The number of ether oxygens (including phenoxy) is 1. The predicted molar refractivity (Wildman–Crippen MR) is 97.6 cm³/mol. The lowest BCUT2D eigenvalue weighted by molar-refractivity contribution is -0.141. The molecule has 0 saturated carbocycles. The van der Waals surface area contributed by atoms with Gasteiger partial charge in [0.1, 0.15) is 6.04 Å². The molecular weight excluding hydrogens is 338 g/mol. The van der Waals surface area contributed by atoms with Crippen LogP contribution in [0, 0.1) is 0 Å². The third-order valence-corrected chi connectivity index (χ3v) is 3.60. The summed E-state index contributed by atoms with van der Waals surface area (Å²) < 4.78 is 4.51. The molecular formula is C18H27N3O5. The van der Waals surface area contributed by atoms with E-state index in [4.69, 9.17) is 0 Å². The molecule has 0 bridgehead atoms. The maximum Gasteiger partial charge on any atom is 0.407 e. The second-order valence-electron chi connectivity index (χ2n) is 6.40. The van der Waals surface area contributed by atoms with Gasteiger partial charge in [-0.25, -0.2) is 4.79 Å². The maximum absolute atomic E-state index is 12.8. The number of alkyl carbamates (subject to hydrolysis) is 1. The van der Waals surface area contributed by atoms with Crippen LogP contribution >= 0.6 is 0 Å². The third kappa shape index (κ3) is 6.72. The Bertz CT molecular complexity index is 613. The molecule has 0 aliphatic rings. The van der Waals surface area contributed by atoms with Crippen molar-refractivity contribution in [2.45, 2.75) is 38.8 Å². The molecule has 1 aromatic carbocycles. The highest BCUT2D eigenvalue weighted by atomic mass is 16.5. The van der Waals surface area contributed by atoms with E-state index < -0.39 is 23.6 Å². The fourth-order valence-corrected chi connectivity index (χ4v) is 2.33. The van der Waals surface area contributed by atoms with E-state index in [1.807, 2.05) is 13.0 Å². The molecule has 26 heavy (non-hydrogen) atoms. The minimum absolute atomic E-state index is 0.197. The third-order valence-electron chi connectivity index (χ3n) is 3.60. The van der Waals surface area contributed by atoms with E-state index in [0.29, 0.717) is 18.7 Å². The number of hydrogen-bond acceptors (Lipinski definition) is 5. The molecule has 1 rings (SSSR count). The molecule has 0 aromatic heterocycles. The van der Waals surface area contributed by atoms with Crippen LogP contribution in [0.4, 0.5) is 10.5 Å². The van der Waals surface area contributed by atoms with E-state index in [2.05, 4.69) is 15.4 Å². The lowest BCUT2D eigenvalue weighted by atomic mass is 9.97. The number of methoxy groups -OCH3 is 1. The molecule has 0 radical (unpaired) electrons. The summed E-state index contributed by atoms with van der Waals surface area (Å²) in [7, 11) is 1.17. The molecule has 0 unspecified atom stereocenters. The van der Waals surface area contributed by atoms with E-state index in [0.717, 1.165) is 0 Å². The summed E-state index contributed by atoms with van der Waals surface area (Å²) >= 11 is 0. The molecule has 0 spiro atoms. The van der Waals surface area contributed by atoms with Crippen LogP contribution in [0.3, 0.4) is 0 Å². The van der Waals surface area contributed by atoms with Crippen molar-refractivity contribution in [3.63, 3.8) is 0 Å². The van der Waals surface area contributed by atoms with E-state index in [9.17, 15) is 19.5 Å².